The average molecular weight is 195 g/mol. The van der Waals surface area contributed by atoms with Gasteiger partial charge in [-0.05, 0) is 17.7 Å². The minimum Gasteiger partial charge on any atom is -0.465 e. The van der Waals surface area contributed by atoms with E-state index in [-0.39, 0.29) is 12.6 Å². The van der Waals surface area contributed by atoms with Gasteiger partial charge in [0.2, 0.25) is 0 Å². The molecule has 0 bridgehead atoms. The number of benzene rings is 1. The minimum absolute atomic E-state index is 0.114. The fourth-order valence-corrected chi connectivity index (χ4v) is 1.09. The summed E-state index contributed by atoms with van der Waals surface area (Å²) in [6.07, 6.45) is 0. The van der Waals surface area contributed by atoms with E-state index in [9.17, 15) is 4.79 Å². The van der Waals surface area contributed by atoms with Gasteiger partial charge in [-0.2, -0.15) is 0 Å². The molecule has 76 valence electrons. The largest absolute Gasteiger partial charge is 0.465 e. The van der Waals surface area contributed by atoms with Crippen molar-refractivity contribution in [3.05, 3.63) is 35.4 Å². The number of hydrogen-bond donors (Lipinski definition) is 2. The van der Waals surface area contributed by atoms with E-state index >= 15 is 0 Å². The van der Waals surface area contributed by atoms with E-state index in [2.05, 4.69) is 4.74 Å². The number of hydrogen-bond acceptors (Lipinski definition) is 4. The molecule has 0 fully saturated rings. The Morgan fingerprint density at radius 3 is 2.50 bits per heavy atom. The van der Waals surface area contributed by atoms with E-state index in [1.807, 2.05) is 0 Å². The van der Waals surface area contributed by atoms with E-state index in [1.165, 1.54) is 7.11 Å². The summed E-state index contributed by atoms with van der Waals surface area (Å²) in [4.78, 5) is 11.1. The van der Waals surface area contributed by atoms with Gasteiger partial charge >= 0.3 is 5.97 Å². The highest BCUT2D eigenvalue weighted by molar-refractivity contribution is 5.89. The zero-order valence-electron chi connectivity index (χ0n) is 7.93. The highest BCUT2D eigenvalue weighted by atomic mass is 16.5. The summed E-state index contributed by atoms with van der Waals surface area (Å²) in [6, 6.07) is 6.25. The Balaban J connectivity index is 2.83. The highest BCUT2D eigenvalue weighted by Gasteiger charge is 2.07. The summed E-state index contributed by atoms with van der Waals surface area (Å²) < 4.78 is 4.54. The predicted molar refractivity (Wildman–Crippen MR) is 51.8 cm³/mol. The second-order valence-corrected chi connectivity index (χ2v) is 2.90. The third-order valence-electron chi connectivity index (χ3n) is 1.96. The Morgan fingerprint density at radius 2 is 2.07 bits per heavy atom. The van der Waals surface area contributed by atoms with Crippen LogP contribution < -0.4 is 5.73 Å². The molecule has 1 aromatic carbocycles. The Bertz CT molecular complexity index is 308. The molecule has 0 saturated carbocycles. The van der Waals surface area contributed by atoms with Crippen LogP contribution in [0.15, 0.2) is 24.3 Å². The number of nitrogens with two attached hydrogens (primary N) is 1. The first-order chi connectivity index (χ1) is 6.69. The number of rotatable bonds is 3. The number of aliphatic hydroxyl groups excluding tert-OH is 1. The molecule has 0 radical (unpaired) electrons. The van der Waals surface area contributed by atoms with E-state index in [1.54, 1.807) is 24.3 Å². The van der Waals surface area contributed by atoms with Crippen molar-refractivity contribution in [1.29, 1.82) is 0 Å². The van der Waals surface area contributed by atoms with Crippen molar-refractivity contribution < 1.29 is 14.6 Å². The van der Waals surface area contributed by atoms with Crippen molar-refractivity contribution in [2.75, 3.05) is 13.7 Å². The Hall–Kier alpha value is -1.39. The fraction of sp³-hybridized carbons (Fsp3) is 0.300. The SMILES string of the molecule is COC(=O)c1ccc([C@H](N)CO)cc1. The van der Waals surface area contributed by atoms with Gasteiger partial charge < -0.3 is 15.6 Å². The second kappa shape index (κ2) is 4.74. The van der Waals surface area contributed by atoms with E-state index < -0.39 is 6.04 Å². The maximum Gasteiger partial charge on any atom is 0.337 e. The summed E-state index contributed by atoms with van der Waals surface area (Å²) in [5.41, 5.74) is 6.85. The number of aliphatic hydroxyl groups is 1. The van der Waals surface area contributed by atoms with E-state index in [0.29, 0.717) is 5.56 Å². The van der Waals surface area contributed by atoms with Crippen LogP contribution in [0.1, 0.15) is 22.0 Å². The lowest BCUT2D eigenvalue weighted by atomic mass is 10.1. The van der Waals surface area contributed by atoms with Crippen molar-refractivity contribution in [2.24, 2.45) is 5.73 Å². The maximum absolute atomic E-state index is 11.1. The van der Waals surface area contributed by atoms with Gasteiger partial charge in [-0.3, -0.25) is 0 Å². The molecule has 1 aromatic rings. The van der Waals surface area contributed by atoms with Gasteiger partial charge in [-0.15, -0.1) is 0 Å². The first kappa shape index (κ1) is 10.7. The van der Waals surface area contributed by atoms with E-state index in [0.717, 1.165) is 5.56 Å². The van der Waals surface area contributed by atoms with Crippen LogP contribution in [0, 0.1) is 0 Å². The van der Waals surface area contributed by atoms with Gasteiger partial charge in [0.15, 0.2) is 0 Å². The van der Waals surface area contributed by atoms with Crippen LogP contribution in [-0.2, 0) is 4.74 Å². The Labute approximate surface area is 82.3 Å². The average Bonchev–Trinajstić information content (AvgIpc) is 2.27. The van der Waals surface area contributed by atoms with Gasteiger partial charge in [0.25, 0.3) is 0 Å². The molecule has 0 aliphatic carbocycles. The van der Waals surface area contributed by atoms with Crippen LogP contribution in [0.5, 0.6) is 0 Å². The molecule has 0 aromatic heterocycles. The van der Waals surface area contributed by atoms with Gasteiger partial charge in [0, 0.05) is 0 Å². The molecule has 0 saturated heterocycles. The number of methoxy groups -OCH3 is 1. The first-order valence-corrected chi connectivity index (χ1v) is 4.23. The first-order valence-electron chi connectivity index (χ1n) is 4.23. The fourth-order valence-electron chi connectivity index (χ4n) is 1.09. The lowest BCUT2D eigenvalue weighted by molar-refractivity contribution is 0.0600. The molecule has 1 atom stereocenters. The number of esters is 1. The molecule has 0 spiro atoms. The van der Waals surface area contributed by atoms with Crippen molar-refractivity contribution in [2.45, 2.75) is 6.04 Å². The molecule has 3 N–H and O–H groups in total. The molecule has 0 heterocycles. The lowest BCUT2D eigenvalue weighted by Gasteiger charge is -2.08. The molecule has 14 heavy (non-hydrogen) atoms. The predicted octanol–water partition coefficient (Wildman–Crippen LogP) is 0.465. The van der Waals surface area contributed by atoms with Crippen molar-refractivity contribution in [3.8, 4) is 0 Å². The van der Waals surface area contributed by atoms with Crippen molar-refractivity contribution >= 4 is 5.97 Å². The van der Waals surface area contributed by atoms with Crippen LogP contribution in [0.3, 0.4) is 0 Å². The van der Waals surface area contributed by atoms with Crippen molar-refractivity contribution in [1.82, 2.24) is 0 Å². The maximum atomic E-state index is 11.1. The van der Waals surface area contributed by atoms with Gasteiger partial charge in [0.05, 0.1) is 25.3 Å². The van der Waals surface area contributed by atoms with Crippen LogP contribution in [-0.4, -0.2) is 24.8 Å². The molecular weight excluding hydrogens is 182 g/mol. The number of carbonyl (C=O) groups is 1. The van der Waals surface area contributed by atoms with Gasteiger partial charge in [-0.25, -0.2) is 4.79 Å². The molecular formula is C10H13NO3. The van der Waals surface area contributed by atoms with Crippen LogP contribution in [0.25, 0.3) is 0 Å². The Kier molecular flexibility index (Phi) is 3.62. The molecule has 0 aliphatic heterocycles. The summed E-state index contributed by atoms with van der Waals surface area (Å²) in [6.45, 7) is -0.114. The smallest absolute Gasteiger partial charge is 0.337 e. The molecule has 1 rings (SSSR count). The topological polar surface area (TPSA) is 72.5 Å². The molecule has 4 nitrogen and oxygen atoms in total. The Morgan fingerprint density at radius 1 is 1.50 bits per heavy atom. The van der Waals surface area contributed by atoms with Crippen molar-refractivity contribution in [3.63, 3.8) is 0 Å². The third-order valence-corrected chi connectivity index (χ3v) is 1.96. The van der Waals surface area contributed by atoms with Crippen LogP contribution >= 0.6 is 0 Å². The highest BCUT2D eigenvalue weighted by Crippen LogP contribution is 2.11. The zero-order valence-corrected chi connectivity index (χ0v) is 7.93. The minimum atomic E-state index is -0.401. The molecule has 0 unspecified atom stereocenters. The summed E-state index contributed by atoms with van der Waals surface area (Å²) in [7, 11) is 1.33. The van der Waals surface area contributed by atoms with Crippen LogP contribution in [0.4, 0.5) is 0 Å². The third kappa shape index (κ3) is 2.31. The molecule has 0 aliphatic rings. The van der Waals surface area contributed by atoms with Crippen LogP contribution in [0.2, 0.25) is 0 Å². The van der Waals surface area contributed by atoms with E-state index in [4.69, 9.17) is 10.8 Å². The standard InChI is InChI=1S/C10H13NO3/c1-14-10(13)8-4-2-7(3-5-8)9(11)6-12/h2-5,9,12H,6,11H2,1H3/t9-/m1/s1. The summed E-state index contributed by atoms with van der Waals surface area (Å²) in [5.74, 6) is -0.380. The molecule has 0 amide bonds. The normalized spacial score (nSPS) is 12.2. The quantitative estimate of drug-likeness (QED) is 0.687. The van der Waals surface area contributed by atoms with Gasteiger partial charge in [-0.1, -0.05) is 12.1 Å². The monoisotopic (exact) mass is 195 g/mol. The lowest BCUT2D eigenvalue weighted by Crippen LogP contribution is -2.14. The zero-order chi connectivity index (χ0) is 10.6. The number of carbonyl (C=O) groups excluding carboxylic acids is 1. The summed E-state index contributed by atoms with van der Waals surface area (Å²) in [5, 5.41) is 8.80. The number of ether oxygens (including phenoxy) is 1. The van der Waals surface area contributed by atoms with Gasteiger partial charge in [0.1, 0.15) is 0 Å². The summed E-state index contributed by atoms with van der Waals surface area (Å²) >= 11 is 0. The molecule has 4 heteroatoms. The second-order valence-electron chi connectivity index (χ2n) is 2.90.